The maximum atomic E-state index is 13.7. The standard InChI is InChI=1S/C18H24F3N3O/c1-18(22-15-5-4-12(19)9-15)16(10-25-3)17(24(2)23-18)11-6-13(20)8-14(21)7-11/h6-8,12,15,22-23H,4-5,9-10H2,1-3H3/t12-,15+,18?/m1/s1. The maximum absolute atomic E-state index is 13.7. The average Bonchev–Trinajstić information content (AvgIpc) is 3.00. The van der Waals surface area contributed by atoms with Crippen LogP contribution in [0.25, 0.3) is 5.70 Å². The summed E-state index contributed by atoms with van der Waals surface area (Å²) in [6.45, 7) is 2.21. The van der Waals surface area contributed by atoms with Crippen LogP contribution in [0.4, 0.5) is 13.2 Å². The van der Waals surface area contributed by atoms with Crippen molar-refractivity contribution >= 4 is 5.70 Å². The fraction of sp³-hybridized carbons (Fsp3) is 0.556. The van der Waals surface area contributed by atoms with Crippen molar-refractivity contribution in [3.05, 3.63) is 41.0 Å². The molecular formula is C18H24F3N3O. The molecule has 1 unspecified atom stereocenters. The Morgan fingerprint density at radius 1 is 1.28 bits per heavy atom. The van der Waals surface area contributed by atoms with Crippen LogP contribution in [0.3, 0.4) is 0 Å². The first kappa shape index (κ1) is 18.2. The summed E-state index contributed by atoms with van der Waals surface area (Å²) in [5.41, 5.74) is 4.52. The van der Waals surface area contributed by atoms with Gasteiger partial charge in [0.05, 0.1) is 12.3 Å². The molecule has 4 nitrogen and oxygen atoms in total. The van der Waals surface area contributed by atoms with E-state index in [4.69, 9.17) is 4.74 Å². The van der Waals surface area contributed by atoms with Crippen LogP contribution in [-0.2, 0) is 4.74 Å². The van der Waals surface area contributed by atoms with E-state index >= 15 is 0 Å². The van der Waals surface area contributed by atoms with E-state index < -0.39 is 23.5 Å². The summed E-state index contributed by atoms with van der Waals surface area (Å²) in [5.74, 6) is -1.27. The number of rotatable bonds is 5. The van der Waals surface area contributed by atoms with Gasteiger partial charge in [-0.2, -0.15) is 0 Å². The second-order valence-electron chi connectivity index (χ2n) is 6.97. The van der Waals surface area contributed by atoms with Gasteiger partial charge in [0.2, 0.25) is 0 Å². The van der Waals surface area contributed by atoms with E-state index in [1.54, 1.807) is 19.2 Å². The highest BCUT2D eigenvalue weighted by Gasteiger charge is 2.42. The Labute approximate surface area is 146 Å². The van der Waals surface area contributed by atoms with Gasteiger partial charge in [-0.1, -0.05) is 0 Å². The Balaban J connectivity index is 1.98. The quantitative estimate of drug-likeness (QED) is 0.852. The van der Waals surface area contributed by atoms with E-state index in [9.17, 15) is 13.2 Å². The van der Waals surface area contributed by atoms with Crippen molar-refractivity contribution in [1.82, 2.24) is 15.8 Å². The molecule has 1 aromatic rings. The van der Waals surface area contributed by atoms with Crippen LogP contribution in [0.1, 0.15) is 31.7 Å². The molecule has 3 atom stereocenters. The number of hydrazine groups is 1. The summed E-state index contributed by atoms with van der Waals surface area (Å²) in [7, 11) is 3.36. The highest BCUT2D eigenvalue weighted by atomic mass is 19.1. The minimum absolute atomic E-state index is 0.0383. The molecule has 1 saturated carbocycles. The minimum atomic E-state index is -0.785. The van der Waals surface area contributed by atoms with Gasteiger partial charge in [-0.05, 0) is 38.3 Å². The molecule has 1 aliphatic heterocycles. The van der Waals surface area contributed by atoms with Crippen LogP contribution in [0, 0.1) is 11.6 Å². The number of benzene rings is 1. The molecule has 1 heterocycles. The maximum Gasteiger partial charge on any atom is 0.126 e. The third-order valence-electron chi connectivity index (χ3n) is 4.90. The van der Waals surface area contributed by atoms with E-state index in [0.29, 0.717) is 24.1 Å². The van der Waals surface area contributed by atoms with Gasteiger partial charge in [0.1, 0.15) is 23.5 Å². The molecule has 0 spiro atoms. The number of hydrogen-bond donors (Lipinski definition) is 2. The Hall–Kier alpha value is -1.57. The van der Waals surface area contributed by atoms with Gasteiger partial charge in [-0.15, -0.1) is 0 Å². The van der Waals surface area contributed by atoms with E-state index in [-0.39, 0.29) is 12.6 Å². The molecule has 3 rings (SSSR count). The predicted molar refractivity (Wildman–Crippen MR) is 90.1 cm³/mol. The Morgan fingerprint density at radius 2 is 1.96 bits per heavy atom. The Morgan fingerprint density at radius 3 is 2.52 bits per heavy atom. The van der Waals surface area contributed by atoms with Crippen molar-refractivity contribution in [2.75, 3.05) is 20.8 Å². The van der Waals surface area contributed by atoms with Gasteiger partial charge in [0.15, 0.2) is 0 Å². The fourth-order valence-electron chi connectivity index (χ4n) is 3.90. The molecular weight excluding hydrogens is 331 g/mol. The Kier molecular flexibility index (Phi) is 5.09. The molecule has 0 amide bonds. The lowest BCUT2D eigenvalue weighted by Crippen LogP contribution is -2.59. The number of nitrogens with one attached hydrogen (secondary N) is 2. The predicted octanol–water partition coefficient (Wildman–Crippen LogP) is 2.97. The first-order valence-electron chi connectivity index (χ1n) is 8.44. The van der Waals surface area contributed by atoms with Crippen molar-refractivity contribution in [3.63, 3.8) is 0 Å². The largest absolute Gasteiger partial charge is 0.380 e. The zero-order valence-electron chi connectivity index (χ0n) is 14.7. The summed E-state index contributed by atoms with van der Waals surface area (Å²) < 4.78 is 46.3. The molecule has 0 aromatic heterocycles. The summed E-state index contributed by atoms with van der Waals surface area (Å²) in [5, 5.41) is 5.19. The average molecular weight is 355 g/mol. The Bertz CT molecular complexity index is 661. The van der Waals surface area contributed by atoms with Crippen LogP contribution in [0.15, 0.2) is 23.8 Å². The summed E-state index contributed by atoms with van der Waals surface area (Å²) >= 11 is 0. The molecule has 0 radical (unpaired) electrons. The zero-order chi connectivity index (χ0) is 18.2. The van der Waals surface area contributed by atoms with Crippen molar-refractivity contribution in [1.29, 1.82) is 0 Å². The van der Waals surface area contributed by atoms with Crippen LogP contribution in [0.5, 0.6) is 0 Å². The molecule has 2 N–H and O–H groups in total. The zero-order valence-corrected chi connectivity index (χ0v) is 14.7. The first-order chi connectivity index (χ1) is 11.8. The number of nitrogens with zero attached hydrogens (tertiary/aromatic N) is 1. The van der Waals surface area contributed by atoms with Gasteiger partial charge in [0.25, 0.3) is 0 Å². The van der Waals surface area contributed by atoms with E-state index in [2.05, 4.69) is 10.7 Å². The van der Waals surface area contributed by atoms with E-state index in [1.165, 1.54) is 12.1 Å². The molecule has 138 valence electrons. The molecule has 1 aromatic carbocycles. The number of hydrogen-bond acceptors (Lipinski definition) is 4. The third kappa shape index (κ3) is 3.68. The highest BCUT2D eigenvalue weighted by molar-refractivity contribution is 5.71. The van der Waals surface area contributed by atoms with Gasteiger partial charge in [-0.25, -0.2) is 18.6 Å². The SMILES string of the molecule is COCC1=C(c2cc(F)cc(F)c2)N(C)NC1(C)N[C@H]1CC[C@@H](F)C1. The van der Waals surface area contributed by atoms with Crippen LogP contribution in [-0.4, -0.2) is 43.6 Å². The molecule has 1 aliphatic carbocycles. The fourth-order valence-corrected chi connectivity index (χ4v) is 3.90. The van der Waals surface area contributed by atoms with E-state index in [0.717, 1.165) is 18.1 Å². The van der Waals surface area contributed by atoms with Gasteiger partial charge < -0.3 is 9.75 Å². The third-order valence-corrected chi connectivity index (χ3v) is 4.90. The lowest BCUT2D eigenvalue weighted by Gasteiger charge is -2.33. The molecule has 7 heteroatoms. The van der Waals surface area contributed by atoms with Crippen molar-refractivity contribution in [2.24, 2.45) is 0 Å². The minimum Gasteiger partial charge on any atom is -0.380 e. The number of methoxy groups -OCH3 is 1. The second-order valence-corrected chi connectivity index (χ2v) is 6.97. The molecule has 25 heavy (non-hydrogen) atoms. The normalized spacial score (nSPS) is 29.8. The lowest BCUT2D eigenvalue weighted by atomic mass is 9.97. The highest BCUT2D eigenvalue weighted by Crippen LogP contribution is 2.36. The van der Waals surface area contributed by atoms with Gasteiger partial charge in [0, 0.05) is 37.4 Å². The van der Waals surface area contributed by atoms with Crippen LogP contribution in [0.2, 0.25) is 0 Å². The summed E-state index contributed by atoms with van der Waals surface area (Å²) in [6, 6.07) is 3.48. The molecule has 2 aliphatic rings. The van der Waals surface area contributed by atoms with E-state index in [1.807, 2.05) is 6.92 Å². The topological polar surface area (TPSA) is 36.5 Å². The number of alkyl halides is 1. The second kappa shape index (κ2) is 6.97. The summed E-state index contributed by atoms with van der Waals surface area (Å²) in [4.78, 5) is 0. The van der Waals surface area contributed by atoms with Crippen molar-refractivity contribution < 1.29 is 17.9 Å². The van der Waals surface area contributed by atoms with Crippen molar-refractivity contribution in [3.8, 4) is 0 Å². The van der Waals surface area contributed by atoms with Crippen LogP contribution >= 0.6 is 0 Å². The first-order valence-corrected chi connectivity index (χ1v) is 8.44. The molecule has 1 fully saturated rings. The number of halogens is 3. The lowest BCUT2D eigenvalue weighted by molar-refractivity contribution is 0.173. The summed E-state index contributed by atoms with van der Waals surface area (Å²) in [6.07, 6.45) is 0.985. The smallest absolute Gasteiger partial charge is 0.126 e. The van der Waals surface area contributed by atoms with Gasteiger partial charge >= 0.3 is 0 Å². The number of ether oxygens (including phenoxy) is 1. The molecule has 0 saturated heterocycles. The molecule has 0 bridgehead atoms. The monoisotopic (exact) mass is 355 g/mol. The van der Waals surface area contributed by atoms with Gasteiger partial charge in [-0.3, -0.25) is 5.32 Å². The van der Waals surface area contributed by atoms with Crippen LogP contribution < -0.4 is 10.7 Å². The van der Waals surface area contributed by atoms with Crippen molar-refractivity contribution in [2.45, 2.75) is 44.1 Å².